The zero-order valence-electron chi connectivity index (χ0n) is 7.37. The number of aromatic nitrogens is 1. The molecule has 1 aromatic rings. The standard InChI is InChI=1S/C8H14N2O2/c1-6-3-7(10-12-6)8(2,4-9)5-11/h3,11H,4-5,9H2,1-2H3. The van der Waals surface area contributed by atoms with Crippen LogP contribution >= 0.6 is 0 Å². The predicted octanol–water partition coefficient (Wildman–Crippen LogP) is 0.192. The van der Waals surface area contributed by atoms with E-state index in [1.807, 2.05) is 13.8 Å². The van der Waals surface area contributed by atoms with E-state index < -0.39 is 5.41 Å². The largest absolute Gasteiger partial charge is 0.395 e. The van der Waals surface area contributed by atoms with Crippen molar-refractivity contribution in [2.24, 2.45) is 5.73 Å². The molecule has 68 valence electrons. The van der Waals surface area contributed by atoms with E-state index in [1.165, 1.54) is 0 Å². The molecule has 1 rings (SSSR count). The van der Waals surface area contributed by atoms with Crippen molar-refractivity contribution >= 4 is 0 Å². The zero-order valence-corrected chi connectivity index (χ0v) is 7.37. The number of aliphatic hydroxyl groups is 1. The first-order chi connectivity index (χ1) is 5.62. The first-order valence-electron chi connectivity index (χ1n) is 3.87. The minimum atomic E-state index is -0.474. The van der Waals surface area contributed by atoms with Crippen molar-refractivity contribution in [3.63, 3.8) is 0 Å². The van der Waals surface area contributed by atoms with Gasteiger partial charge in [0.2, 0.25) is 0 Å². The van der Waals surface area contributed by atoms with Gasteiger partial charge in [0.15, 0.2) is 0 Å². The average molecular weight is 170 g/mol. The van der Waals surface area contributed by atoms with E-state index >= 15 is 0 Å². The fraction of sp³-hybridized carbons (Fsp3) is 0.625. The van der Waals surface area contributed by atoms with Crippen LogP contribution in [0.5, 0.6) is 0 Å². The Kier molecular flexibility index (Phi) is 2.49. The van der Waals surface area contributed by atoms with Crippen LogP contribution in [0, 0.1) is 6.92 Å². The van der Waals surface area contributed by atoms with Gasteiger partial charge < -0.3 is 15.4 Å². The van der Waals surface area contributed by atoms with Crippen molar-refractivity contribution in [2.45, 2.75) is 19.3 Å². The number of aliphatic hydroxyl groups excluding tert-OH is 1. The molecule has 0 amide bonds. The van der Waals surface area contributed by atoms with Gasteiger partial charge in [-0.25, -0.2) is 0 Å². The Bertz CT molecular complexity index is 253. The van der Waals surface area contributed by atoms with Crippen LogP contribution in [-0.4, -0.2) is 23.4 Å². The number of rotatable bonds is 3. The van der Waals surface area contributed by atoms with Gasteiger partial charge in [-0.3, -0.25) is 0 Å². The number of nitrogens with zero attached hydrogens (tertiary/aromatic N) is 1. The maximum atomic E-state index is 9.09. The van der Waals surface area contributed by atoms with Crippen molar-refractivity contribution < 1.29 is 9.63 Å². The zero-order chi connectivity index (χ0) is 9.19. The minimum absolute atomic E-state index is 0.0184. The highest BCUT2D eigenvalue weighted by Crippen LogP contribution is 2.20. The van der Waals surface area contributed by atoms with Gasteiger partial charge in [0, 0.05) is 18.0 Å². The minimum Gasteiger partial charge on any atom is -0.395 e. The molecule has 0 aliphatic carbocycles. The van der Waals surface area contributed by atoms with Gasteiger partial charge >= 0.3 is 0 Å². The Balaban J connectivity index is 2.94. The molecule has 0 radical (unpaired) electrons. The summed E-state index contributed by atoms with van der Waals surface area (Å²) in [4.78, 5) is 0. The van der Waals surface area contributed by atoms with Crippen LogP contribution in [0.1, 0.15) is 18.4 Å². The van der Waals surface area contributed by atoms with Gasteiger partial charge in [0.05, 0.1) is 12.3 Å². The van der Waals surface area contributed by atoms with Gasteiger partial charge in [0.25, 0.3) is 0 Å². The molecule has 4 nitrogen and oxygen atoms in total. The topological polar surface area (TPSA) is 72.3 Å². The lowest BCUT2D eigenvalue weighted by atomic mass is 9.88. The van der Waals surface area contributed by atoms with E-state index in [0.717, 1.165) is 5.76 Å². The molecule has 1 unspecified atom stereocenters. The molecule has 0 spiro atoms. The molecule has 1 aromatic heterocycles. The molecule has 0 bridgehead atoms. The van der Waals surface area contributed by atoms with Crippen LogP contribution in [0.25, 0.3) is 0 Å². The van der Waals surface area contributed by atoms with Crippen LogP contribution < -0.4 is 5.73 Å². The maximum Gasteiger partial charge on any atom is 0.133 e. The first-order valence-corrected chi connectivity index (χ1v) is 3.87. The summed E-state index contributed by atoms with van der Waals surface area (Å²) >= 11 is 0. The smallest absolute Gasteiger partial charge is 0.133 e. The number of aryl methyl sites for hydroxylation is 1. The SMILES string of the molecule is Cc1cc(C(C)(CN)CO)no1. The van der Waals surface area contributed by atoms with E-state index in [1.54, 1.807) is 6.07 Å². The molecule has 0 saturated carbocycles. The van der Waals surface area contributed by atoms with Crippen molar-refractivity contribution in [2.75, 3.05) is 13.2 Å². The molecular formula is C8H14N2O2. The Morgan fingerprint density at radius 1 is 1.75 bits per heavy atom. The van der Waals surface area contributed by atoms with E-state index in [-0.39, 0.29) is 6.61 Å². The van der Waals surface area contributed by atoms with E-state index in [2.05, 4.69) is 5.16 Å². The molecule has 0 fully saturated rings. The van der Waals surface area contributed by atoms with Crippen LogP contribution in [-0.2, 0) is 5.41 Å². The first kappa shape index (κ1) is 9.22. The highest BCUT2D eigenvalue weighted by Gasteiger charge is 2.27. The van der Waals surface area contributed by atoms with Gasteiger partial charge in [-0.2, -0.15) is 0 Å². The summed E-state index contributed by atoms with van der Waals surface area (Å²) in [6.07, 6.45) is 0. The number of nitrogens with two attached hydrogens (primary N) is 1. The number of hydrogen-bond donors (Lipinski definition) is 2. The summed E-state index contributed by atoms with van der Waals surface area (Å²) in [6, 6.07) is 1.79. The average Bonchev–Trinajstić information content (AvgIpc) is 2.51. The van der Waals surface area contributed by atoms with Crippen molar-refractivity contribution in [3.05, 3.63) is 17.5 Å². The normalized spacial score (nSPS) is 16.0. The quantitative estimate of drug-likeness (QED) is 0.679. The van der Waals surface area contributed by atoms with Crippen molar-refractivity contribution in [3.8, 4) is 0 Å². The fourth-order valence-corrected chi connectivity index (χ4v) is 0.901. The Morgan fingerprint density at radius 3 is 2.75 bits per heavy atom. The Hall–Kier alpha value is -0.870. The molecule has 4 heteroatoms. The third-order valence-electron chi connectivity index (χ3n) is 2.05. The molecule has 3 N–H and O–H groups in total. The van der Waals surface area contributed by atoms with Crippen LogP contribution in [0.3, 0.4) is 0 Å². The third kappa shape index (κ3) is 1.49. The monoisotopic (exact) mass is 170 g/mol. The molecule has 0 saturated heterocycles. The van der Waals surface area contributed by atoms with Gasteiger partial charge in [0.1, 0.15) is 5.76 Å². The van der Waals surface area contributed by atoms with Gasteiger partial charge in [-0.15, -0.1) is 0 Å². The van der Waals surface area contributed by atoms with E-state index in [0.29, 0.717) is 12.2 Å². The second-order valence-corrected chi connectivity index (χ2v) is 3.25. The van der Waals surface area contributed by atoms with Crippen LogP contribution in [0.4, 0.5) is 0 Å². The third-order valence-corrected chi connectivity index (χ3v) is 2.05. The summed E-state index contributed by atoms with van der Waals surface area (Å²) in [6.45, 7) is 4.00. The van der Waals surface area contributed by atoms with Crippen molar-refractivity contribution in [1.82, 2.24) is 5.16 Å². The number of hydrogen-bond acceptors (Lipinski definition) is 4. The summed E-state index contributed by atoms with van der Waals surface area (Å²) in [7, 11) is 0. The Morgan fingerprint density at radius 2 is 2.42 bits per heavy atom. The lowest BCUT2D eigenvalue weighted by Crippen LogP contribution is -2.35. The van der Waals surface area contributed by atoms with E-state index in [9.17, 15) is 0 Å². The summed E-state index contributed by atoms with van der Waals surface area (Å²) in [5, 5.41) is 12.9. The lowest BCUT2D eigenvalue weighted by Gasteiger charge is -2.21. The summed E-state index contributed by atoms with van der Waals surface area (Å²) in [5.74, 6) is 0.734. The Labute approximate surface area is 71.4 Å². The predicted molar refractivity (Wildman–Crippen MR) is 44.7 cm³/mol. The van der Waals surface area contributed by atoms with Crippen molar-refractivity contribution in [1.29, 1.82) is 0 Å². The molecule has 1 atom stereocenters. The molecule has 0 aliphatic heterocycles. The van der Waals surface area contributed by atoms with Crippen LogP contribution in [0.15, 0.2) is 10.6 Å². The second kappa shape index (κ2) is 3.25. The molecular weight excluding hydrogens is 156 g/mol. The highest BCUT2D eigenvalue weighted by molar-refractivity contribution is 5.16. The maximum absolute atomic E-state index is 9.09. The van der Waals surface area contributed by atoms with Gasteiger partial charge in [-0.05, 0) is 6.92 Å². The highest BCUT2D eigenvalue weighted by atomic mass is 16.5. The van der Waals surface area contributed by atoms with Gasteiger partial charge in [-0.1, -0.05) is 12.1 Å². The fourth-order valence-electron chi connectivity index (χ4n) is 0.901. The summed E-state index contributed by atoms with van der Waals surface area (Å²) in [5.41, 5.74) is 5.76. The molecule has 0 aliphatic rings. The summed E-state index contributed by atoms with van der Waals surface area (Å²) < 4.78 is 4.90. The van der Waals surface area contributed by atoms with Crippen LogP contribution in [0.2, 0.25) is 0 Å². The molecule has 1 heterocycles. The lowest BCUT2D eigenvalue weighted by molar-refractivity contribution is 0.202. The van der Waals surface area contributed by atoms with E-state index in [4.69, 9.17) is 15.4 Å². The molecule has 12 heavy (non-hydrogen) atoms. The molecule has 0 aromatic carbocycles. The second-order valence-electron chi connectivity index (χ2n) is 3.25.